The highest BCUT2D eigenvalue weighted by atomic mass is 35.5. The van der Waals surface area contributed by atoms with Gasteiger partial charge in [-0.3, -0.25) is 9.36 Å². The number of hydrogen-bond acceptors (Lipinski definition) is 4. The Kier molecular flexibility index (Phi) is 5.59. The molecule has 5 rings (SSSR count). The summed E-state index contributed by atoms with van der Waals surface area (Å²) in [5.41, 5.74) is -0.583. The van der Waals surface area contributed by atoms with Crippen molar-refractivity contribution >= 4 is 22.8 Å². The summed E-state index contributed by atoms with van der Waals surface area (Å²) in [6.07, 6.45) is 2.65. The lowest BCUT2D eigenvalue weighted by molar-refractivity contribution is 0.0950. The van der Waals surface area contributed by atoms with E-state index in [1.54, 1.807) is 22.8 Å². The minimum Gasteiger partial charge on any atom is -0.376 e. The fourth-order valence-corrected chi connectivity index (χ4v) is 4.38. The maximum absolute atomic E-state index is 14.7. The van der Waals surface area contributed by atoms with E-state index < -0.39 is 22.9 Å². The zero-order valence-electron chi connectivity index (χ0n) is 17.4. The van der Waals surface area contributed by atoms with Crippen molar-refractivity contribution in [1.82, 2.24) is 18.7 Å². The molecule has 1 aliphatic heterocycles. The molecule has 1 fully saturated rings. The molecule has 1 unspecified atom stereocenters. The third-order valence-electron chi connectivity index (χ3n) is 5.70. The van der Waals surface area contributed by atoms with Crippen LogP contribution in [0.1, 0.15) is 18.4 Å². The maximum Gasteiger partial charge on any atom is 0.337 e. The lowest BCUT2D eigenvalue weighted by atomic mass is 10.2. The van der Waals surface area contributed by atoms with Crippen molar-refractivity contribution in [1.29, 1.82) is 0 Å². The Morgan fingerprint density at radius 2 is 2.00 bits per heavy atom. The van der Waals surface area contributed by atoms with E-state index >= 15 is 0 Å². The highest BCUT2D eigenvalue weighted by molar-refractivity contribution is 6.30. The fourth-order valence-electron chi connectivity index (χ4n) is 4.16. The standard InChI is InChI=1S/C23H19ClF2N4O3/c24-15-4-1-3-14(9-15)11-28-13-27-21-20(28)22(31)29(12-17-5-2-8-33-17)23(32)30(21)19-7-6-16(25)10-18(19)26/h1,3-4,6-7,9-10,13,17H,2,5,8,11-12H2. The normalized spacial score (nSPS) is 16.0. The largest absolute Gasteiger partial charge is 0.376 e. The van der Waals surface area contributed by atoms with Crippen molar-refractivity contribution in [3.05, 3.63) is 91.9 Å². The van der Waals surface area contributed by atoms with Crippen LogP contribution >= 0.6 is 11.6 Å². The van der Waals surface area contributed by atoms with Crippen LogP contribution in [0, 0.1) is 11.6 Å². The van der Waals surface area contributed by atoms with E-state index in [0.29, 0.717) is 24.1 Å². The summed E-state index contributed by atoms with van der Waals surface area (Å²) in [5, 5.41) is 0.540. The quantitative estimate of drug-likeness (QED) is 0.445. The van der Waals surface area contributed by atoms with Crippen LogP contribution in [0.3, 0.4) is 0 Å². The molecule has 0 bridgehead atoms. The summed E-state index contributed by atoms with van der Waals surface area (Å²) in [4.78, 5) is 31.1. The predicted molar refractivity (Wildman–Crippen MR) is 119 cm³/mol. The van der Waals surface area contributed by atoms with Gasteiger partial charge in [-0.25, -0.2) is 23.1 Å². The molecular weight excluding hydrogens is 454 g/mol. The smallest absolute Gasteiger partial charge is 0.337 e. The summed E-state index contributed by atoms with van der Waals surface area (Å²) in [5.74, 6) is -1.72. The molecular formula is C23H19ClF2N4O3. The predicted octanol–water partition coefficient (Wildman–Crippen LogP) is 3.51. The molecule has 1 aliphatic rings. The average molecular weight is 473 g/mol. The molecule has 0 saturated carbocycles. The molecule has 1 atom stereocenters. The van der Waals surface area contributed by atoms with Gasteiger partial charge in [0.2, 0.25) is 0 Å². The van der Waals surface area contributed by atoms with Gasteiger partial charge < -0.3 is 9.30 Å². The van der Waals surface area contributed by atoms with Crippen molar-refractivity contribution in [2.75, 3.05) is 6.61 Å². The Morgan fingerprint density at radius 3 is 2.73 bits per heavy atom. The zero-order valence-corrected chi connectivity index (χ0v) is 18.1. The number of imidazole rings is 1. The first-order valence-corrected chi connectivity index (χ1v) is 10.8. The first kappa shape index (κ1) is 21.5. The van der Waals surface area contributed by atoms with E-state index in [1.807, 2.05) is 6.07 Å². The van der Waals surface area contributed by atoms with Gasteiger partial charge in [0.1, 0.15) is 11.6 Å². The number of fused-ring (bicyclic) bond motifs is 1. The topological polar surface area (TPSA) is 71.0 Å². The van der Waals surface area contributed by atoms with Crippen molar-refractivity contribution < 1.29 is 13.5 Å². The van der Waals surface area contributed by atoms with Crippen LogP contribution in [-0.4, -0.2) is 31.4 Å². The van der Waals surface area contributed by atoms with Crippen molar-refractivity contribution in [2.45, 2.75) is 32.0 Å². The van der Waals surface area contributed by atoms with Crippen molar-refractivity contribution in [3.63, 3.8) is 0 Å². The number of benzene rings is 2. The average Bonchev–Trinajstić information content (AvgIpc) is 3.43. The molecule has 10 heteroatoms. The van der Waals surface area contributed by atoms with Gasteiger partial charge in [-0.2, -0.15) is 0 Å². The third kappa shape index (κ3) is 3.98. The molecule has 0 amide bonds. The molecule has 0 radical (unpaired) electrons. The number of hydrogen-bond donors (Lipinski definition) is 0. The van der Waals surface area contributed by atoms with Crippen molar-refractivity contribution in [2.24, 2.45) is 0 Å². The summed E-state index contributed by atoms with van der Waals surface area (Å²) >= 11 is 6.09. The fraction of sp³-hybridized carbons (Fsp3) is 0.261. The molecule has 1 saturated heterocycles. The molecule has 170 valence electrons. The van der Waals surface area contributed by atoms with E-state index in [0.717, 1.165) is 33.3 Å². The van der Waals surface area contributed by atoms with Gasteiger partial charge >= 0.3 is 5.69 Å². The Balaban J connectivity index is 1.75. The van der Waals surface area contributed by atoms with Crippen molar-refractivity contribution in [3.8, 4) is 5.69 Å². The van der Waals surface area contributed by atoms with Gasteiger partial charge in [-0.1, -0.05) is 23.7 Å². The highest BCUT2D eigenvalue weighted by Gasteiger charge is 2.24. The van der Waals surface area contributed by atoms with E-state index in [-0.39, 0.29) is 36.0 Å². The Labute approximate surface area is 191 Å². The Bertz CT molecular complexity index is 1470. The minimum atomic E-state index is -0.940. The molecule has 33 heavy (non-hydrogen) atoms. The summed E-state index contributed by atoms with van der Waals surface area (Å²) in [6.45, 7) is 0.838. The third-order valence-corrected chi connectivity index (χ3v) is 5.94. The highest BCUT2D eigenvalue weighted by Crippen LogP contribution is 2.20. The van der Waals surface area contributed by atoms with Crippen LogP contribution in [0.4, 0.5) is 8.78 Å². The van der Waals surface area contributed by atoms with Crippen LogP contribution in [0.2, 0.25) is 5.02 Å². The molecule has 2 aromatic carbocycles. The van der Waals surface area contributed by atoms with Gasteiger partial charge in [0.15, 0.2) is 11.2 Å². The van der Waals surface area contributed by atoms with Gasteiger partial charge in [0, 0.05) is 24.2 Å². The second-order valence-electron chi connectivity index (χ2n) is 7.94. The first-order chi connectivity index (χ1) is 15.9. The van der Waals surface area contributed by atoms with E-state index in [4.69, 9.17) is 16.3 Å². The van der Waals surface area contributed by atoms with Crippen LogP contribution in [-0.2, 0) is 17.8 Å². The number of aromatic nitrogens is 4. The number of halogens is 3. The summed E-state index contributed by atoms with van der Waals surface area (Å²) < 4.78 is 37.5. The van der Waals surface area contributed by atoms with Gasteiger partial charge in [0.25, 0.3) is 5.56 Å². The number of ether oxygens (including phenoxy) is 1. The molecule has 0 N–H and O–H groups in total. The van der Waals surface area contributed by atoms with Crippen LogP contribution in [0.15, 0.2) is 58.4 Å². The zero-order chi connectivity index (χ0) is 23.1. The summed E-state index contributed by atoms with van der Waals surface area (Å²) in [6, 6.07) is 10.0. The van der Waals surface area contributed by atoms with Gasteiger partial charge in [0.05, 0.1) is 24.7 Å². The Morgan fingerprint density at radius 1 is 1.15 bits per heavy atom. The van der Waals surface area contributed by atoms with E-state index in [1.165, 1.54) is 6.33 Å². The minimum absolute atomic E-state index is 0.0128. The van der Waals surface area contributed by atoms with Crippen LogP contribution in [0.25, 0.3) is 16.9 Å². The molecule has 7 nitrogen and oxygen atoms in total. The molecule has 2 aromatic heterocycles. The number of rotatable bonds is 5. The van der Waals surface area contributed by atoms with E-state index in [2.05, 4.69) is 4.98 Å². The Hall–Kier alpha value is -3.30. The van der Waals surface area contributed by atoms with Gasteiger partial charge in [-0.05, 0) is 42.7 Å². The van der Waals surface area contributed by atoms with E-state index in [9.17, 15) is 18.4 Å². The second-order valence-corrected chi connectivity index (χ2v) is 8.38. The monoisotopic (exact) mass is 472 g/mol. The first-order valence-electron chi connectivity index (χ1n) is 10.4. The lowest BCUT2D eigenvalue weighted by Crippen LogP contribution is -2.42. The van der Waals surface area contributed by atoms with Crippen LogP contribution < -0.4 is 11.2 Å². The molecule has 0 aliphatic carbocycles. The number of nitrogens with zero attached hydrogens (tertiary/aromatic N) is 4. The molecule has 4 aromatic rings. The van der Waals surface area contributed by atoms with Crippen LogP contribution in [0.5, 0.6) is 0 Å². The molecule has 0 spiro atoms. The maximum atomic E-state index is 14.7. The lowest BCUT2D eigenvalue weighted by Gasteiger charge is -2.15. The molecule has 3 heterocycles. The summed E-state index contributed by atoms with van der Waals surface area (Å²) in [7, 11) is 0. The van der Waals surface area contributed by atoms with Gasteiger partial charge in [-0.15, -0.1) is 0 Å². The SMILES string of the molecule is O=c1c2c(ncn2Cc2cccc(Cl)c2)n(-c2ccc(F)cc2F)c(=O)n1CC1CCCO1. The second kappa shape index (κ2) is 8.57.